The Hall–Kier alpha value is -1.42. The van der Waals surface area contributed by atoms with Crippen LogP contribution in [0.15, 0.2) is 18.2 Å². The average molecular weight is 266 g/mol. The molecule has 1 aromatic carbocycles. The van der Waals surface area contributed by atoms with Crippen molar-refractivity contribution < 1.29 is 9.18 Å². The summed E-state index contributed by atoms with van der Waals surface area (Å²) in [5.41, 5.74) is 6.52. The highest BCUT2D eigenvalue weighted by Crippen LogP contribution is 2.18. The van der Waals surface area contributed by atoms with E-state index in [1.165, 1.54) is 6.07 Å². The quantitative estimate of drug-likeness (QED) is 0.861. The number of benzene rings is 1. The molecule has 0 saturated heterocycles. The Kier molecular flexibility index (Phi) is 5.06. The summed E-state index contributed by atoms with van der Waals surface area (Å²) in [6.07, 6.45) is 1.15. The summed E-state index contributed by atoms with van der Waals surface area (Å²) >= 11 is 0. The SMILES string of the molecule is CCC(N)(CC)C(=O)NC(C)c1ccc(C)c(F)c1. The molecule has 0 bridgehead atoms. The summed E-state index contributed by atoms with van der Waals surface area (Å²) in [7, 11) is 0. The van der Waals surface area contributed by atoms with E-state index in [4.69, 9.17) is 5.73 Å². The van der Waals surface area contributed by atoms with Gasteiger partial charge in [-0.1, -0.05) is 26.0 Å². The van der Waals surface area contributed by atoms with Crippen LogP contribution in [0.5, 0.6) is 0 Å². The van der Waals surface area contributed by atoms with Crippen LogP contribution in [0.1, 0.15) is 50.8 Å². The van der Waals surface area contributed by atoms with Crippen LogP contribution in [-0.2, 0) is 4.79 Å². The maximum atomic E-state index is 13.5. The first kappa shape index (κ1) is 15.6. The van der Waals surface area contributed by atoms with Gasteiger partial charge in [0.05, 0.1) is 11.6 Å². The first-order chi connectivity index (χ1) is 8.84. The van der Waals surface area contributed by atoms with Gasteiger partial charge in [0.25, 0.3) is 0 Å². The summed E-state index contributed by atoms with van der Waals surface area (Å²) in [5, 5.41) is 2.85. The van der Waals surface area contributed by atoms with Crippen molar-refractivity contribution in [3.8, 4) is 0 Å². The number of hydrogen-bond donors (Lipinski definition) is 2. The molecule has 1 rings (SSSR count). The lowest BCUT2D eigenvalue weighted by Crippen LogP contribution is -2.53. The molecule has 0 aliphatic rings. The molecule has 0 saturated carbocycles. The van der Waals surface area contributed by atoms with Gasteiger partial charge in [0, 0.05) is 0 Å². The molecule has 0 aromatic heterocycles. The summed E-state index contributed by atoms with van der Waals surface area (Å²) in [6.45, 7) is 7.31. The van der Waals surface area contributed by atoms with Crippen molar-refractivity contribution in [1.29, 1.82) is 0 Å². The van der Waals surface area contributed by atoms with Crippen LogP contribution in [0.3, 0.4) is 0 Å². The van der Waals surface area contributed by atoms with Crippen molar-refractivity contribution in [2.24, 2.45) is 5.73 Å². The van der Waals surface area contributed by atoms with Gasteiger partial charge in [-0.25, -0.2) is 4.39 Å². The maximum absolute atomic E-state index is 13.5. The third kappa shape index (κ3) is 3.53. The number of halogens is 1. The van der Waals surface area contributed by atoms with Crippen LogP contribution in [0.25, 0.3) is 0 Å². The van der Waals surface area contributed by atoms with E-state index >= 15 is 0 Å². The van der Waals surface area contributed by atoms with Crippen molar-refractivity contribution >= 4 is 5.91 Å². The fraction of sp³-hybridized carbons (Fsp3) is 0.533. The Morgan fingerprint density at radius 2 is 2.00 bits per heavy atom. The standard InChI is InChI=1S/C15H23FN2O/c1-5-15(17,6-2)14(19)18-11(4)12-8-7-10(3)13(16)9-12/h7-9,11H,5-6,17H2,1-4H3,(H,18,19). The Bertz CT molecular complexity index is 455. The zero-order valence-corrected chi connectivity index (χ0v) is 12.1. The molecule has 0 radical (unpaired) electrons. The molecule has 0 aliphatic carbocycles. The zero-order chi connectivity index (χ0) is 14.6. The Morgan fingerprint density at radius 3 is 2.47 bits per heavy atom. The van der Waals surface area contributed by atoms with E-state index in [-0.39, 0.29) is 17.8 Å². The third-order valence-electron chi connectivity index (χ3n) is 3.76. The third-order valence-corrected chi connectivity index (χ3v) is 3.76. The summed E-state index contributed by atoms with van der Waals surface area (Å²) in [6, 6.07) is 4.72. The summed E-state index contributed by atoms with van der Waals surface area (Å²) in [5.74, 6) is -0.449. The van der Waals surface area contributed by atoms with Gasteiger partial charge in [0.2, 0.25) is 5.91 Å². The normalized spacial score (nSPS) is 13.2. The molecule has 4 heteroatoms. The molecular weight excluding hydrogens is 243 g/mol. The first-order valence-electron chi connectivity index (χ1n) is 6.70. The molecule has 0 aliphatic heterocycles. The second-order valence-electron chi connectivity index (χ2n) is 5.07. The molecule has 3 N–H and O–H groups in total. The minimum absolute atomic E-state index is 0.189. The Balaban J connectivity index is 2.82. The lowest BCUT2D eigenvalue weighted by molar-refractivity contribution is -0.127. The molecule has 0 fully saturated rings. The molecule has 106 valence electrons. The molecule has 19 heavy (non-hydrogen) atoms. The van der Waals surface area contributed by atoms with Crippen LogP contribution in [0, 0.1) is 12.7 Å². The van der Waals surface area contributed by atoms with Crippen LogP contribution < -0.4 is 11.1 Å². The van der Waals surface area contributed by atoms with Gasteiger partial charge >= 0.3 is 0 Å². The lowest BCUT2D eigenvalue weighted by Gasteiger charge is -2.27. The van der Waals surface area contributed by atoms with Crippen LogP contribution >= 0.6 is 0 Å². The number of nitrogens with one attached hydrogen (secondary N) is 1. The first-order valence-corrected chi connectivity index (χ1v) is 6.70. The molecule has 1 unspecified atom stereocenters. The van der Waals surface area contributed by atoms with Crippen LogP contribution in [0.4, 0.5) is 4.39 Å². The molecule has 1 aromatic rings. The lowest BCUT2D eigenvalue weighted by atomic mass is 9.92. The fourth-order valence-corrected chi connectivity index (χ4v) is 1.87. The summed E-state index contributed by atoms with van der Waals surface area (Å²) < 4.78 is 13.5. The van der Waals surface area contributed by atoms with Gasteiger partial charge in [-0.3, -0.25) is 4.79 Å². The van der Waals surface area contributed by atoms with E-state index in [0.29, 0.717) is 18.4 Å². The zero-order valence-electron chi connectivity index (χ0n) is 12.1. The van der Waals surface area contributed by atoms with E-state index in [0.717, 1.165) is 5.56 Å². The highest BCUT2D eigenvalue weighted by atomic mass is 19.1. The van der Waals surface area contributed by atoms with E-state index in [9.17, 15) is 9.18 Å². The Labute approximate surface area is 114 Å². The van der Waals surface area contributed by atoms with Gasteiger partial charge in [0.1, 0.15) is 5.82 Å². The van der Waals surface area contributed by atoms with Gasteiger partial charge < -0.3 is 11.1 Å². The molecule has 0 spiro atoms. The number of rotatable bonds is 5. The highest BCUT2D eigenvalue weighted by Gasteiger charge is 2.30. The number of hydrogen-bond acceptors (Lipinski definition) is 2. The predicted octanol–water partition coefficient (Wildman–Crippen LogP) is 2.83. The van der Waals surface area contributed by atoms with Gasteiger partial charge in [-0.2, -0.15) is 0 Å². The van der Waals surface area contributed by atoms with Crippen molar-refractivity contribution in [2.75, 3.05) is 0 Å². The molecule has 1 amide bonds. The number of nitrogens with two attached hydrogens (primary N) is 1. The van der Waals surface area contributed by atoms with Crippen molar-refractivity contribution in [3.05, 3.63) is 35.1 Å². The topological polar surface area (TPSA) is 55.1 Å². The predicted molar refractivity (Wildman–Crippen MR) is 75.2 cm³/mol. The van der Waals surface area contributed by atoms with E-state index in [2.05, 4.69) is 5.32 Å². The monoisotopic (exact) mass is 266 g/mol. The van der Waals surface area contributed by atoms with Crippen LogP contribution in [-0.4, -0.2) is 11.4 Å². The number of carbonyl (C=O) groups excluding carboxylic acids is 1. The smallest absolute Gasteiger partial charge is 0.240 e. The van der Waals surface area contributed by atoms with Crippen molar-refractivity contribution in [1.82, 2.24) is 5.32 Å². The largest absolute Gasteiger partial charge is 0.348 e. The Morgan fingerprint density at radius 1 is 1.42 bits per heavy atom. The van der Waals surface area contributed by atoms with E-state index in [1.54, 1.807) is 13.0 Å². The van der Waals surface area contributed by atoms with Crippen LogP contribution in [0.2, 0.25) is 0 Å². The molecule has 1 atom stereocenters. The van der Waals surface area contributed by atoms with E-state index < -0.39 is 5.54 Å². The maximum Gasteiger partial charge on any atom is 0.240 e. The minimum Gasteiger partial charge on any atom is -0.348 e. The van der Waals surface area contributed by atoms with E-state index in [1.807, 2.05) is 26.8 Å². The fourth-order valence-electron chi connectivity index (χ4n) is 1.87. The minimum atomic E-state index is -0.850. The number of amides is 1. The number of aryl methyl sites for hydroxylation is 1. The molecule has 0 heterocycles. The molecular formula is C15H23FN2O. The number of carbonyl (C=O) groups is 1. The highest BCUT2D eigenvalue weighted by molar-refractivity contribution is 5.86. The van der Waals surface area contributed by atoms with Crippen molar-refractivity contribution in [2.45, 2.75) is 52.1 Å². The second kappa shape index (κ2) is 6.15. The average Bonchev–Trinajstić information content (AvgIpc) is 2.40. The second-order valence-corrected chi connectivity index (χ2v) is 5.07. The molecule has 3 nitrogen and oxygen atoms in total. The van der Waals surface area contributed by atoms with Gasteiger partial charge in [-0.15, -0.1) is 0 Å². The summed E-state index contributed by atoms with van der Waals surface area (Å²) in [4.78, 5) is 12.1. The van der Waals surface area contributed by atoms with Gasteiger partial charge in [0.15, 0.2) is 0 Å². The van der Waals surface area contributed by atoms with Gasteiger partial charge in [-0.05, 0) is 43.9 Å². The van der Waals surface area contributed by atoms with Crippen molar-refractivity contribution in [3.63, 3.8) is 0 Å².